The van der Waals surface area contributed by atoms with E-state index in [0.29, 0.717) is 4.47 Å². The fraction of sp³-hybridized carbons (Fsp3) is 0.333. The largest absolute Gasteiger partial charge is 0.480 e. The van der Waals surface area contributed by atoms with Crippen molar-refractivity contribution in [3.63, 3.8) is 0 Å². The maximum Gasteiger partial charge on any atom is 0.326 e. The van der Waals surface area contributed by atoms with E-state index in [-0.39, 0.29) is 11.6 Å². The van der Waals surface area contributed by atoms with Gasteiger partial charge in [0.05, 0.1) is 5.69 Å². The van der Waals surface area contributed by atoms with Crippen LogP contribution in [0.5, 0.6) is 0 Å². The summed E-state index contributed by atoms with van der Waals surface area (Å²) in [5.74, 6) is -1.89. The van der Waals surface area contributed by atoms with Gasteiger partial charge in [0, 0.05) is 4.47 Å². The molecule has 0 aromatic heterocycles. The van der Waals surface area contributed by atoms with Crippen LogP contribution in [0.15, 0.2) is 22.7 Å². The van der Waals surface area contributed by atoms with E-state index in [4.69, 9.17) is 5.11 Å². The zero-order chi connectivity index (χ0) is 14.6. The molecule has 19 heavy (non-hydrogen) atoms. The number of hydrogen-bond acceptors (Lipinski definition) is 2. The van der Waals surface area contributed by atoms with Crippen LogP contribution in [0.2, 0.25) is 0 Å². The minimum atomic E-state index is -1.12. The number of halogens is 2. The summed E-state index contributed by atoms with van der Waals surface area (Å²) in [6.07, 6.45) is 0. The lowest BCUT2D eigenvalue weighted by Crippen LogP contribution is -2.46. The van der Waals surface area contributed by atoms with Gasteiger partial charge in [0.15, 0.2) is 0 Å². The van der Waals surface area contributed by atoms with Crippen LogP contribution in [0.4, 0.5) is 14.9 Å². The van der Waals surface area contributed by atoms with Crippen molar-refractivity contribution in [3.05, 3.63) is 28.5 Å². The molecule has 0 saturated carbocycles. The van der Waals surface area contributed by atoms with Gasteiger partial charge >= 0.3 is 12.0 Å². The number of carboxylic acids is 1. The number of benzene rings is 1. The molecule has 3 N–H and O–H groups in total. The normalized spacial score (nSPS) is 12.1. The fourth-order valence-electron chi connectivity index (χ4n) is 1.41. The van der Waals surface area contributed by atoms with Gasteiger partial charge in [-0.3, -0.25) is 0 Å². The van der Waals surface area contributed by atoms with E-state index in [1.807, 2.05) is 0 Å². The molecule has 0 aliphatic rings. The van der Waals surface area contributed by atoms with Crippen LogP contribution in [-0.2, 0) is 4.79 Å². The molecule has 0 fully saturated rings. The molecule has 2 amide bonds. The Bertz CT molecular complexity index is 494. The summed E-state index contributed by atoms with van der Waals surface area (Å²) >= 11 is 3.16. The SMILES string of the molecule is CC(C)[C@H](NC(=O)Nc1cc(F)ccc1Br)C(=O)O. The molecule has 104 valence electrons. The Morgan fingerprint density at radius 1 is 1.37 bits per heavy atom. The van der Waals surface area contributed by atoms with E-state index in [1.54, 1.807) is 13.8 Å². The van der Waals surface area contributed by atoms with Crippen molar-refractivity contribution in [2.45, 2.75) is 19.9 Å². The monoisotopic (exact) mass is 332 g/mol. The number of nitrogens with one attached hydrogen (secondary N) is 2. The van der Waals surface area contributed by atoms with Crippen LogP contribution in [0.3, 0.4) is 0 Å². The summed E-state index contributed by atoms with van der Waals surface area (Å²) < 4.78 is 13.5. The molecule has 1 atom stereocenters. The standard InChI is InChI=1S/C12H14BrFN2O3/c1-6(2)10(11(17)18)16-12(19)15-9-5-7(14)3-4-8(9)13/h3-6,10H,1-2H3,(H,17,18)(H2,15,16,19)/t10-/m0/s1. The molecule has 0 radical (unpaired) electrons. The Hall–Kier alpha value is -1.63. The summed E-state index contributed by atoms with van der Waals surface area (Å²) in [5.41, 5.74) is 0.227. The van der Waals surface area contributed by atoms with E-state index in [9.17, 15) is 14.0 Å². The minimum Gasteiger partial charge on any atom is -0.480 e. The maximum atomic E-state index is 13.0. The van der Waals surface area contributed by atoms with Crippen molar-refractivity contribution in [1.29, 1.82) is 0 Å². The molecular formula is C12H14BrFN2O3. The minimum absolute atomic E-state index is 0.227. The third-order valence-corrected chi connectivity index (χ3v) is 3.09. The van der Waals surface area contributed by atoms with E-state index < -0.39 is 23.9 Å². The number of carbonyl (C=O) groups is 2. The van der Waals surface area contributed by atoms with Gasteiger partial charge in [0.25, 0.3) is 0 Å². The summed E-state index contributed by atoms with van der Waals surface area (Å²) in [7, 11) is 0. The first-order valence-electron chi connectivity index (χ1n) is 5.56. The van der Waals surface area contributed by atoms with Gasteiger partial charge in [-0.05, 0) is 40.0 Å². The van der Waals surface area contributed by atoms with E-state index >= 15 is 0 Å². The highest BCUT2D eigenvalue weighted by Gasteiger charge is 2.23. The zero-order valence-corrected chi connectivity index (χ0v) is 12.0. The number of carboxylic acid groups (broad SMARTS) is 1. The molecule has 1 aromatic rings. The Morgan fingerprint density at radius 3 is 2.53 bits per heavy atom. The molecule has 5 nitrogen and oxygen atoms in total. The number of urea groups is 1. The average Bonchev–Trinajstić information content (AvgIpc) is 2.30. The van der Waals surface area contributed by atoms with Crippen LogP contribution in [0.1, 0.15) is 13.8 Å². The van der Waals surface area contributed by atoms with Crippen molar-refractivity contribution in [2.75, 3.05) is 5.32 Å². The highest BCUT2D eigenvalue weighted by atomic mass is 79.9. The van der Waals surface area contributed by atoms with Crippen LogP contribution in [0, 0.1) is 11.7 Å². The van der Waals surface area contributed by atoms with Crippen LogP contribution in [0.25, 0.3) is 0 Å². The van der Waals surface area contributed by atoms with Gasteiger partial charge in [-0.25, -0.2) is 14.0 Å². The number of hydrogen-bond donors (Lipinski definition) is 3. The van der Waals surface area contributed by atoms with Crippen LogP contribution < -0.4 is 10.6 Å². The zero-order valence-electron chi connectivity index (χ0n) is 10.4. The Morgan fingerprint density at radius 2 is 2.00 bits per heavy atom. The Labute approximate surface area is 118 Å². The quantitative estimate of drug-likeness (QED) is 0.793. The first-order chi connectivity index (χ1) is 8.81. The molecule has 1 rings (SSSR count). The molecule has 0 bridgehead atoms. The van der Waals surface area contributed by atoms with Crippen molar-refractivity contribution >= 4 is 33.6 Å². The molecular weight excluding hydrogens is 319 g/mol. The summed E-state index contributed by atoms with van der Waals surface area (Å²) in [4.78, 5) is 22.6. The predicted molar refractivity (Wildman–Crippen MR) is 72.5 cm³/mol. The van der Waals surface area contributed by atoms with E-state index in [2.05, 4.69) is 26.6 Å². The van der Waals surface area contributed by atoms with Crippen LogP contribution in [-0.4, -0.2) is 23.1 Å². The first-order valence-corrected chi connectivity index (χ1v) is 6.36. The smallest absolute Gasteiger partial charge is 0.326 e. The van der Waals surface area contributed by atoms with Gasteiger partial charge < -0.3 is 15.7 Å². The maximum absolute atomic E-state index is 13.0. The Kier molecular flexibility index (Phi) is 5.29. The summed E-state index contributed by atoms with van der Waals surface area (Å²) in [5, 5.41) is 13.7. The Balaban J connectivity index is 2.74. The second-order valence-corrected chi connectivity index (χ2v) is 5.14. The molecule has 0 spiro atoms. The third kappa shape index (κ3) is 4.51. The molecule has 1 aromatic carbocycles. The van der Waals surface area contributed by atoms with E-state index in [1.165, 1.54) is 12.1 Å². The highest BCUT2D eigenvalue weighted by Crippen LogP contribution is 2.22. The van der Waals surface area contributed by atoms with Crippen molar-refractivity contribution in [2.24, 2.45) is 5.92 Å². The van der Waals surface area contributed by atoms with Gasteiger partial charge in [-0.1, -0.05) is 13.8 Å². The lowest BCUT2D eigenvalue weighted by molar-refractivity contribution is -0.140. The summed E-state index contributed by atoms with van der Waals surface area (Å²) in [6.45, 7) is 3.36. The number of carbonyl (C=O) groups excluding carboxylic acids is 1. The van der Waals surface area contributed by atoms with E-state index in [0.717, 1.165) is 6.07 Å². The molecule has 0 unspecified atom stereocenters. The van der Waals surface area contributed by atoms with Crippen molar-refractivity contribution in [1.82, 2.24) is 5.32 Å². The highest BCUT2D eigenvalue weighted by molar-refractivity contribution is 9.10. The van der Waals surface area contributed by atoms with Crippen molar-refractivity contribution in [3.8, 4) is 0 Å². The second kappa shape index (κ2) is 6.51. The molecule has 0 saturated heterocycles. The van der Waals surface area contributed by atoms with Crippen molar-refractivity contribution < 1.29 is 19.1 Å². The second-order valence-electron chi connectivity index (χ2n) is 4.28. The molecule has 7 heteroatoms. The molecule has 0 aliphatic heterocycles. The number of anilines is 1. The number of rotatable bonds is 4. The fourth-order valence-corrected chi connectivity index (χ4v) is 1.75. The van der Waals surface area contributed by atoms with Crippen LogP contribution >= 0.6 is 15.9 Å². The number of aliphatic carboxylic acids is 1. The third-order valence-electron chi connectivity index (χ3n) is 2.40. The number of amides is 2. The lowest BCUT2D eigenvalue weighted by atomic mass is 10.1. The van der Waals surface area contributed by atoms with Gasteiger partial charge in [-0.2, -0.15) is 0 Å². The predicted octanol–water partition coefficient (Wildman–Crippen LogP) is 2.82. The molecule has 0 aliphatic carbocycles. The van der Waals surface area contributed by atoms with Gasteiger partial charge in [0.1, 0.15) is 11.9 Å². The van der Waals surface area contributed by atoms with Gasteiger partial charge in [-0.15, -0.1) is 0 Å². The van der Waals surface area contributed by atoms with Gasteiger partial charge in [0.2, 0.25) is 0 Å². The first kappa shape index (κ1) is 15.4. The average molecular weight is 333 g/mol. The lowest BCUT2D eigenvalue weighted by Gasteiger charge is -2.18. The molecule has 0 heterocycles. The topological polar surface area (TPSA) is 78.4 Å². The summed E-state index contributed by atoms with van der Waals surface area (Å²) in [6, 6.07) is 2.11.